The SMILES string of the molecule is N#Cc1cccc(-n2c3ccccc3c3c4sc5ccccc5c4ccc32)c1-c1cc(-c2ccc(C(F)(F)F)cc2C(F)(F)F)ccc1-n1c2ccccc2c2c3sc4ccccc4c3ccc21. The maximum absolute atomic E-state index is 15.0. The largest absolute Gasteiger partial charge is 0.417 e. The third kappa shape index (κ3) is 5.84. The van der Waals surface area contributed by atoms with Crippen molar-refractivity contribution in [3.8, 4) is 39.7 Å². The third-order valence-electron chi connectivity index (χ3n) is 13.2. The van der Waals surface area contributed by atoms with Crippen LogP contribution in [0.2, 0.25) is 0 Å². The highest BCUT2D eigenvalue weighted by molar-refractivity contribution is 7.27. The summed E-state index contributed by atoms with van der Waals surface area (Å²) < 4.78 is 95.7. The average molecular weight is 934 g/mol. The lowest BCUT2D eigenvalue weighted by atomic mass is 9.90. The van der Waals surface area contributed by atoms with E-state index in [1.54, 1.807) is 46.9 Å². The summed E-state index contributed by atoms with van der Waals surface area (Å²) >= 11 is 3.39. The molecule has 0 aliphatic carbocycles. The van der Waals surface area contributed by atoms with Gasteiger partial charge in [-0.1, -0.05) is 103 Å². The second-order valence-corrected chi connectivity index (χ2v) is 19.0. The Morgan fingerprint density at radius 1 is 0.426 bits per heavy atom. The molecule has 0 N–H and O–H groups in total. The normalized spacial score (nSPS) is 12.5. The van der Waals surface area contributed by atoms with Gasteiger partial charge < -0.3 is 9.13 Å². The van der Waals surface area contributed by atoms with Crippen molar-refractivity contribution < 1.29 is 26.3 Å². The zero-order valence-corrected chi connectivity index (χ0v) is 36.8. The molecular formula is C57H29F6N3S2. The van der Waals surface area contributed by atoms with Gasteiger partial charge in [-0.25, -0.2) is 0 Å². The van der Waals surface area contributed by atoms with E-state index in [4.69, 9.17) is 0 Å². The predicted octanol–water partition coefficient (Wildman–Crippen LogP) is 17.9. The lowest BCUT2D eigenvalue weighted by Gasteiger charge is -2.22. The van der Waals surface area contributed by atoms with Crippen molar-refractivity contribution in [3.05, 3.63) is 193 Å². The van der Waals surface area contributed by atoms with Crippen LogP contribution in [0, 0.1) is 11.3 Å². The molecule has 68 heavy (non-hydrogen) atoms. The van der Waals surface area contributed by atoms with Crippen LogP contribution in [0.25, 0.3) is 118 Å². The molecule has 3 nitrogen and oxygen atoms in total. The Morgan fingerprint density at radius 2 is 0.971 bits per heavy atom. The molecule has 4 aromatic heterocycles. The highest BCUT2D eigenvalue weighted by Crippen LogP contribution is 2.49. The molecule has 0 aliphatic heterocycles. The summed E-state index contributed by atoms with van der Waals surface area (Å²) in [6.45, 7) is 0. The number of aromatic nitrogens is 2. The van der Waals surface area contributed by atoms with E-state index in [1.165, 1.54) is 6.07 Å². The number of para-hydroxylation sites is 2. The first kappa shape index (κ1) is 40.4. The minimum Gasteiger partial charge on any atom is -0.309 e. The number of benzene rings is 9. The molecule has 9 aromatic carbocycles. The smallest absolute Gasteiger partial charge is 0.309 e. The first-order valence-corrected chi connectivity index (χ1v) is 23.2. The van der Waals surface area contributed by atoms with Gasteiger partial charge in [0.05, 0.1) is 56.2 Å². The Balaban J connectivity index is 1.17. The Morgan fingerprint density at radius 3 is 1.53 bits per heavy atom. The maximum Gasteiger partial charge on any atom is 0.417 e. The van der Waals surface area contributed by atoms with Crippen molar-refractivity contribution >= 4 is 107 Å². The molecular weight excluding hydrogens is 905 g/mol. The molecule has 0 atom stereocenters. The summed E-state index contributed by atoms with van der Waals surface area (Å²) in [5, 5.41) is 19.6. The average Bonchev–Trinajstić information content (AvgIpc) is 4.10. The van der Waals surface area contributed by atoms with Gasteiger partial charge in [0.1, 0.15) is 0 Å². The number of thiophene rings is 2. The lowest BCUT2D eigenvalue weighted by Crippen LogP contribution is -2.12. The fourth-order valence-electron chi connectivity index (χ4n) is 10.4. The number of nitriles is 1. The molecule has 0 aliphatic rings. The third-order valence-corrected chi connectivity index (χ3v) is 15.6. The molecule has 0 radical (unpaired) electrons. The van der Waals surface area contributed by atoms with E-state index in [0.717, 1.165) is 90.0 Å². The molecule has 0 saturated carbocycles. The summed E-state index contributed by atoms with van der Waals surface area (Å²) in [7, 11) is 0. The van der Waals surface area contributed by atoms with Gasteiger partial charge in [-0.2, -0.15) is 31.6 Å². The van der Waals surface area contributed by atoms with Gasteiger partial charge in [0.15, 0.2) is 0 Å². The van der Waals surface area contributed by atoms with Crippen molar-refractivity contribution in [1.29, 1.82) is 5.26 Å². The molecule has 4 heterocycles. The number of hydrogen-bond acceptors (Lipinski definition) is 3. The number of rotatable bonds is 4. The second-order valence-electron chi connectivity index (χ2n) is 16.9. The molecule has 0 fully saturated rings. The van der Waals surface area contributed by atoms with Crippen molar-refractivity contribution in [1.82, 2.24) is 9.13 Å². The van der Waals surface area contributed by atoms with E-state index in [2.05, 4.69) is 75.9 Å². The number of fused-ring (bicyclic) bond motifs is 14. The lowest BCUT2D eigenvalue weighted by molar-refractivity contribution is -0.142. The van der Waals surface area contributed by atoms with Crippen LogP contribution in [0.4, 0.5) is 26.3 Å². The Kier molecular flexibility index (Phi) is 8.63. The molecule has 0 unspecified atom stereocenters. The molecule has 13 aromatic rings. The van der Waals surface area contributed by atoms with Crippen molar-refractivity contribution in [2.45, 2.75) is 12.4 Å². The van der Waals surface area contributed by atoms with Gasteiger partial charge in [-0.3, -0.25) is 0 Å². The maximum atomic E-state index is 15.0. The quantitative estimate of drug-likeness (QED) is 0.162. The van der Waals surface area contributed by atoms with Crippen LogP contribution in [0.1, 0.15) is 16.7 Å². The van der Waals surface area contributed by atoms with Crippen LogP contribution in [0.15, 0.2) is 176 Å². The second kappa shape index (κ2) is 14.5. The van der Waals surface area contributed by atoms with Gasteiger partial charge in [0, 0.05) is 73.0 Å². The zero-order chi connectivity index (χ0) is 46.2. The Labute approximate surface area is 390 Å². The monoisotopic (exact) mass is 933 g/mol. The molecule has 13 rings (SSSR count). The van der Waals surface area contributed by atoms with Gasteiger partial charge in [0.2, 0.25) is 0 Å². The van der Waals surface area contributed by atoms with E-state index < -0.39 is 29.0 Å². The van der Waals surface area contributed by atoms with Crippen molar-refractivity contribution in [3.63, 3.8) is 0 Å². The van der Waals surface area contributed by atoms with Crippen LogP contribution < -0.4 is 0 Å². The number of nitrogens with zero attached hydrogens (tertiary/aromatic N) is 3. The minimum absolute atomic E-state index is 0.0327. The van der Waals surface area contributed by atoms with Crippen LogP contribution in [-0.4, -0.2) is 9.13 Å². The van der Waals surface area contributed by atoms with Crippen LogP contribution >= 0.6 is 22.7 Å². The summed E-state index contributed by atoms with van der Waals surface area (Å²) in [6.07, 6.45) is -10.1. The highest BCUT2D eigenvalue weighted by Gasteiger charge is 2.39. The summed E-state index contributed by atoms with van der Waals surface area (Å²) in [6, 6.07) is 55.3. The molecule has 11 heteroatoms. The summed E-state index contributed by atoms with van der Waals surface area (Å²) in [4.78, 5) is 0. The van der Waals surface area contributed by atoms with Gasteiger partial charge >= 0.3 is 12.4 Å². The molecule has 0 saturated heterocycles. The topological polar surface area (TPSA) is 33.6 Å². The van der Waals surface area contributed by atoms with E-state index in [0.29, 0.717) is 28.6 Å². The Hall–Kier alpha value is -7.91. The van der Waals surface area contributed by atoms with E-state index in [1.807, 2.05) is 66.7 Å². The van der Waals surface area contributed by atoms with Crippen LogP contribution in [0.5, 0.6) is 0 Å². The number of halogens is 6. The number of alkyl halides is 6. The molecule has 0 bridgehead atoms. The summed E-state index contributed by atoms with van der Waals surface area (Å²) in [5.74, 6) is 0. The molecule has 0 amide bonds. The van der Waals surface area contributed by atoms with Crippen LogP contribution in [-0.2, 0) is 12.4 Å². The van der Waals surface area contributed by atoms with Gasteiger partial charge in [-0.15, -0.1) is 22.7 Å². The standard InChI is InChI=1S/C57H29F6N3S2/c58-56(59,60)33-21-22-34(42(29-33)57(61,62)63)31-20-25-45(65-43-15-5-1-13-39(43)52-47(65)26-23-37-35-11-3-7-18-49(35)67-54(37)52)41(28-31)51-32(30-64)10-9-17-46(51)66-44-16-6-2-14-40(44)53-48(66)27-24-38-36-12-4-8-19-50(36)68-55(38)53/h1-29H. The van der Waals surface area contributed by atoms with Crippen LogP contribution in [0.3, 0.4) is 0 Å². The first-order valence-electron chi connectivity index (χ1n) is 21.6. The zero-order valence-electron chi connectivity index (χ0n) is 35.2. The number of hydrogen-bond donors (Lipinski definition) is 0. The fraction of sp³-hybridized carbons (Fsp3) is 0.0351. The van der Waals surface area contributed by atoms with Crippen molar-refractivity contribution in [2.24, 2.45) is 0 Å². The van der Waals surface area contributed by atoms with Crippen molar-refractivity contribution in [2.75, 3.05) is 0 Å². The predicted molar refractivity (Wildman–Crippen MR) is 266 cm³/mol. The van der Waals surface area contributed by atoms with E-state index in [9.17, 15) is 18.4 Å². The van der Waals surface area contributed by atoms with Gasteiger partial charge in [0.25, 0.3) is 0 Å². The fourth-order valence-corrected chi connectivity index (χ4v) is 12.9. The van der Waals surface area contributed by atoms with E-state index >= 15 is 13.2 Å². The van der Waals surface area contributed by atoms with E-state index in [-0.39, 0.29) is 17.2 Å². The minimum atomic E-state index is -5.13. The van der Waals surface area contributed by atoms with Gasteiger partial charge in [-0.05, 0) is 83.9 Å². The highest BCUT2D eigenvalue weighted by atomic mass is 32.1. The molecule has 326 valence electrons. The first-order chi connectivity index (χ1) is 33.0. The summed E-state index contributed by atoms with van der Waals surface area (Å²) in [5.41, 5.74) is 2.45. The molecule has 0 spiro atoms. The Bertz CT molecular complexity index is 4330.